The highest BCUT2D eigenvalue weighted by Gasteiger charge is 2.31. The Labute approximate surface area is 122 Å². The number of carbonyl (C=O) groups excluding carboxylic acids is 1. The fourth-order valence-corrected chi connectivity index (χ4v) is 2.22. The number of amides is 1. The molecule has 1 aromatic carbocycles. The van der Waals surface area contributed by atoms with Crippen LogP contribution in [0, 0.1) is 6.92 Å². The van der Waals surface area contributed by atoms with Gasteiger partial charge in [-0.25, -0.2) is 4.90 Å². The van der Waals surface area contributed by atoms with Gasteiger partial charge in [0.25, 0.3) is 5.91 Å². The lowest BCUT2D eigenvalue weighted by atomic mass is 10.1. The summed E-state index contributed by atoms with van der Waals surface area (Å²) in [7, 11) is 1.62. The SMILES string of the molecule is COc1cccc(CC2N=CN(c3cc(C)no3)C2=O)c1. The van der Waals surface area contributed by atoms with Gasteiger partial charge < -0.3 is 9.26 Å². The molecular weight excluding hydrogens is 270 g/mol. The van der Waals surface area contributed by atoms with Crippen LogP contribution < -0.4 is 9.64 Å². The summed E-state index contributed by atoms with van der Waals surface area (Å²) in [5.74, 6) is 1.05. The Morgan fingerprint density at radius 2 is 2.24 bits per heavy atom. The quantitative estimate of drug-likeness (QED) is 0.861. The highest BCUT2D eigenvalue weighted by molar-refractivity contribution is 6.13. The molecule has 1 amide bonds. The second kappa shape index (κ2) is 5.40. The second-order valence-corrected chi connectivity index (χ2v) is 4.85. The third kappa shape index (κ3) is 2.65. The molecule has 6 heteroatoms. The highest BCUT2D eigenvalue weighted by Crippen LogP contribution is 2.22. The topological polar surface area (TPSA) is 67.9 Å². The van der Waals surface area contributed by atoms with Crippen LogP contribution >= 0.6 is 0 Å². The number of anilines is 1. The van der Waals surface area contributed by atoms with E-state index in [1.807, 2.05) is 24.3 Å². The fourth-order valence-electron chi connectivity index (χ4n) is 2.22. The lowest BCUT2D eigenvalue weighted by Crippen LogP contribution is -2.31. The molecule has 1 aromatic heterocycles. The Bertz CT molecular complexity index is 693. The Kier molecular flexibility index (Phi) is 3.43. The van der Waals surface area contributed by atoms with Gasteiger partial charge in [-0.3, -0.25) is 9.79 Å². The standard InChI is InChI=1S/C15H15N3O3/c1-10-6-14(21-17-10)18-9-16-13(15(18)19)8-11-4-3-5-12(7-11)20-2/h3-7,9,13H,8H2,1-2H3. The van der Waals surface area contributed by atoms with Crippen molar-refractivity contribution in [1.82, 2.24) is 5.16 Å². The van der Waals surface area contributed by atoms with E-state index in [1.165, 1.54) is 11.2 Å². The van der Waals surface area contributed by atoms with Crippen LogP contribution in [0.15, 0.2) is 39.8 Å². The third-order valence-electron chi connectivity index (χ3n) is 3.30. The van der Waals surface area contributed by atoms with E-state index in [2.05, 4.69) is 10.1 Å². The van der Waals surface area contributed by atoms with Gasteiger partial charge in [-0.1, -0.05) is 17.3 Å². The Balaban J connectivity index is 1.73. The molecule has 108 valence electrons. The number of benzene rings is 1. The molecule has 0 saturated carbocycles. The third-order valence-corrected chi connectivity index (χ3v) is 3.30. The molecule has 0 saturated heterocycles. The lowest BCUT2D eigenvalue weighted by molar-refractivity contribution is -0.118. The van der Waals surface area contributed by atoms with Gasteiger partial charge in [-0.15, -0.1) is 0 Å². The van der Waals surface area contributed by atoms with E-state index in [-0.39, 0.29) is 5.91 Å². The normalized spacial score (nSPS) is 17.5. The van der Waals surface area contributed by atoms with Crippen LogP contribution in [0.25, 0.3) is 0 Å². The molecule has 0 N–H and O–H groups in total. The summed E-state index contributed by atoms with van der Waals surface area (Å²) >= 11 is 0. The van der Waals surface area contributed by atoms with Crippen LogP contribution in [-0.2, 0) is 11.2 Å². The smallest absolute Gasteiger partial charge is 0.259 e. The Hall–Kier alpha value is -2.63. The molecule has 2 aromatic rings. The zero-order valence-electron chi connectivity index (χ0n) is 11.8. The number of carbonyl (C=O) groups is 1. The number of aliphatic imine (C=N–C) groups is 1. The Morgan fingerprint density at radius 1 is 1.38 bits per heavy atom. The second-order valence-electron chi connectivity index (χ2n) is 4.85. The molecule has 0 aliphatic carbocycles. The monoisotopic (exact) mass is 285 g/mol. The van der Waals surface area contributed by atoms with Crippen molar-refractivity contribution in [2.75, 3.05) is 12.0 Å². The zero-order valence-corrected chi connectivity index (χ0v) is 11.8. The van der Waals surface area contributed by atoms with Crippen LogP contribution in [0.4, 0.5) is 5.88 Å². The summed E-state index contributed by atoms with van der Waals surface area (Å²) in [4.78, 5) is 18.0. The maximum Gasteiger partial charge on any atom is 0.259 e. The van der Waals surface area contributed by atoms with E-state index in [9.17, 15) is 4.79 Å². The van der Waals surface area contributed by atoms with Crippen molar-refractivity contribution in [3.8, 4) is 5.75 Å². The summed E-state index contributed by atoms with van der Waals surface area (Å²) in [6.45, 7) is 1.80. The molecule has 0 radical (unpaired) electrons. The molecule has 0 spiro atoms. The summed E-state index contributed by atoms with van der Waals surface area (Å²) in [5.41, 5.74) is 1.72. The molecule has 0 fully saturated rings. The number of methoxy groups -OCH3 is 1. The van der Waals surface area contributed by atoms with Crippen molar-refractivity contribution < 1.29 is 14.1 Å². The number of aromatic nitrogens is 1. The molecule has 6 nitrogen and oxygen atoms in total. The maximum atomic E-state index is 12.4. The van der Waals surface area contributed by atoms with Crippen LogP contribution in [0.1, 0.15) is 11.3 Å². The van der Waals surface area contributed by atoms with E-state index in [0.717, 1.165) is 17.0 Å². The van der Waals surface area contributed by atoms with E-state index in [0.29, 0.717) is 12.3 Å². The van der Waals surface area contributed by atoms with Gasteiger partial charge in [-0.2, -0.15) is 0 Å². The zero-order chi connectivity index (χ0) is 14.8. The number of rotatable bonds is 4. The van der Waals surface area contributed by atoms with Crippen molar-refractivity contribution in [2.24, 2.45) is 4.99 Å². The molecule has 1 aliphatic heterocycles. The maximum absolute atomic E-state index is 12.4. The van der Waals surface area contributed by atoms with Gasteiger partial charge in [-0.05, 0) is 24.6 Å². The molecule has 1 unspecified atom stereocenters. The first kappa shape index (κ1) is 13.4. The first-order valence-electron chi connectivity index (χ1n) is 6.60. The van der Waals surface area contributed by atoms with Gasteiger partial charge in [0.2, 0.25) is 5.88 Å². The molecule has 3 rings (SSSR count). The predicted octanol–water partition coefficient (Wildman–Crippen LogP) is 1.98. The first-order chi connectivity index (χ1) is 10.2. The van der Waals surface area contributed by atoms with E-state index in [1.54, 1.807) is 20.1 Å². The average Bonchev–Trinajstić information content (AvgIpc) is 3.06. The van der Waals surface area contributed by atoms with E-state index >= 15 is 0 Å². The van der Waals surface area contributed by atoms with Crippen molar-refractivity contribution >= 4 is 18.1 Å². The highest BCUT2D eigenvalue weighted by atomic mass is 16.5. The van der Waals surface area contributed by atoms with E-state index < -0.39 is 6.04 Å². The van der Waals surface area contributed by atoms with Crippen molar-refractivity contribution in [2.45, 2.75) is 19.4 Å². The molecule has 21 heavy (non-hydrogen) atoms. The molecular formula is C15H15N3O3. The van der Waals surface area contributed by atoms with Crippen LogP contribution in [0.5, 0.6) is 5.75 Å². The Morgan fingerprint density at radius 3 is 2.95 bits per heavy atom. The van der Waals surface area contributed by atoms with Gasteiger partial charge in [0, 0.05) is 12.5 Å². The molecule has 1 atom stereocenters. The summed E-state index contributed by atoms with van der Waals surface area (Å²) in [6, 6.07) is 8.89. The van der Waals surface area contributed by atoms with Gasteiger partial charge >= 0.3 is 0 Å². The predicted molar refractivity (Wildman–Crippen MR) is 77.7 cm³/mol. The largest absolute Gasteiger partial charge is 0.497 e. The molecule has 2 heterocycles. The van der Waals surface area contributed by atoms with Crippen LogP contribution in [0.2, 0.25) is 0 Å². The average molecular weight is 285 g/mol. The lowest BCUT2D eigenvalue weighted by Gasteiger charge is -2.11. The van der Waals surface area contributed by atoms with Gasteiger partial charge in [0.05, 0.1) is 12.8 Å². The minimum absolute atomic E-state index is 0.117. The summed E-state index contributed by atoms with van der Waals surface area (Å²) in [5, 5.41) is 3.78. The molecule has 1 aliphatic rings. The molecule has 0 bridgehead atoms. The van der Waals surface area contributed by atoms with Crippen molar-refractivity contribution in [1.29, 1.82) is 0 Å². The van der Waals surface area contributed by atoms with Gasteiger partial charge in [0.15, 0.2) is 0 Å². The van der Waals surface area contributed by atoms with Crippen molar-refractivity contribution in [3.05, 3.63) is 41.6 Å². The minimum Gasteiger partial charge on any atom is -0.497 e. The first-order valence-corrected chi connectivity index (χ1v) is 6.60. The van der Waals surface area contributed by atoms with Gasteiger partial charge in [0.1, 0.15) is 18.1 Å². The summed E-state index contributed by atoms with van der Waals surface area (Å²) in [6.07, 6.45) is 2.02. The minimum atomic E-state index is -0.442. The number of hydrogen-bond acceptors (Lipinski definition) is 5. The summed E-state index contributed by atoms with van der Waals surface area (Å²) < 4.78 is 10.3. The van der Waals surface area contributed by atoms with E-state index in [4.69, 9.17) is 9.26 Å². The van der Waals surface area contributed by atoms with Crippen LogP contribution in [-0.4, -0.2) is 30.6 Å². The number of ether oxygens (including phenoxy) is 1. The number of aryl methyl sites for hydroxylation is 1. The van der Waals surface area contributed by atoms with Crippen LogP contribution in [0.3, 0.4) is 0 Å². The fraction of sp³-hybridized carbons (Fsp3) is 0.267. The number of nitrogens with zero attached hydrogens (tertiary/aromatic N) is 3. The van der Waals surface area contributed by atoms with Crippen molar-refractivity contribution in [3.63, 3.8) is 0 Å². The number of hydrogen-bond donors (Lipinski definition) is 0.